The van der Waals surface area contributed by atoms with Crippen LogP contribution in [0.2, 0.25) is 0 Å². The maximum atomic E-state index is 12.3. The summed E-state index contributed by atoms with van der Waals surface area (Å²) in [5.41, 5.74) is 1.17. The normalized spacial score (nSPS) is 18.7. The van der Waals surface area contributed by atoms with Crippen LogP contribution in [0.25, 0.3) is 10.9 Å². The van der Waals surface area contributed by atoms with Crippen molar-refractivity contribution in [1.29, 1.82) is 5.26 Å². The van der Waals surface area contributed by atoms with Gasteiger partial charge in [0.1, 0.15) is 6.04 Å². The molecule has 0 radical (unpaired) electrons. The van der Waals surface area contributed by atoms with Gasteiger partial charge in [-0.3, -0.25) is 4.79 Å². The number of nitrogens with zero attached hydrogens (tertiary/aromatic N) is 3. The van der Waals surface area contributed by atoms with Gasteiger partial charge < -0.3 is 14.8 Å². The summed E-state index contributed by atoms with van der Waals surface area (Å²) in [5.74, 6) is 0.0195. The maximum absolute atomic E-state index is 12.3. The van der Waals surface area contributed by atoms with Gasteiger partial charge in [0.05, 0.1) is 12.6 Å². The van der Waals surface area contributed by atoms with Gasteiger partial charge in [-0.15, -0.1) is 0 Å². The summed E-state index contributed by atoms with van der Waals surface area (Å²) in [6.07, 6.45) is 3.79. The Labute approximate surface area is 150 Å². The molecular weight excluding hydrogens is 368 g/mol. The first-order chi connectivity index (χ1) is 11.6. The minimum atomic E-state index is -0.250. The number of halogens is 1. The second-order valence-electron chi connectivity index (χ2n) is 6.33. The van der Waals surface area contributed by atoms with Gasteiger partial charge >= 0.3 is 0 Å². The molecule has 0 aliphatic carbocycles. The van der Waals surface area contributed by atoms with Crippen molar-refractivity contribution in [3.05, 3.63) is 34.9 Å². The molecule has 1 aromatic carbocycles. The van der Waals surface area contributed by atoms with E-state index < -0.39 is 0 Å². The SMILES string of the molecule is CC(Cn1ccc2ccc(Br)cc21)NCC(=O)N1CCC[C@H]1C#N. The summed E-state index contributed by atoms with van der Waals surface area (Å²) in [6, 6.07) is 10.5. The quantitative estimate of drug-likeness (QED) is 0.856. The standard InChI is InChI=1S/C18H21BrN4O/c1-13(21-11-18(24)23-7-2-3-16(23)10-20)12-22-8-6-14-4-5-15(19)9-17(14)22/h4-6,8-9,13,16,21H,2-3,7,11-12H2,1H3/t13?,16-/m0/s1. The molecule has 1 fully saturated rings. The summed E-state index contributed by atoms with van der Waals surface area (Å²) in [4.78, 5) is 14.0. The first-order valence-corrected chi connectivity index (χ1v) is 9.04. The van der Waals surface area contributed by atoms with Crippen molar-refractivity contribution in [3.8, 4) is 6.07 Å². The van der Waals surface area contributed by atoms with Crippen LogP contribution in [0.5, 0.6) is 0 Å². The molecule has 0 spiro atoms. The number of rotatable bonds is 5. The monoisotopic (exact) mass is 388 g/mol. The van der Waals surface area contributed by atoms with E-state index in [1.807, 2.05) is 6.07 Å². The molecule has 1 aliphatic rings. The second kappa shape index (κ2) is 7.37. The fraction of sp³-hybridized carbons (Fsp3) is 0.444. The predicted molar refractivity (Wildman–Crippen MR) is 97.5 cm³/mol. The maximum Gasteiger partial charge on any atom is 0.237 e. The van der Waals surface area contributed by atoms with Crippen molar-refractivity contribution in [1.82, 2.24) is 14.8 Å². The van der Waals surface area contributed by atoms with Gasteiger partial charge in [0.15, 0.2) is 0 Å². The van der Waals surface area contributed by atoms with E-state index in [-0.39, 0.29) is 24.5 Å². The summed E-state index contributed by atoms with van der Waals surface area (Å²) >= 11 is 3.51. The number of nitrogens with one attached hydrogen (secondary N) is 1. The Morgan fingerprint density at radius 2 is 2.33 bits per heavy atom. The van der Waals surface area contributed by atoms with E-state index in [2.05, 4.69) is 63.2 Å². The van der Waals surface area contributed by atoms with Crippen molar-refractivity contribution >= 4 is 32.7 Å². The smallest absolute Gasteiger partial charge is 0.237 e. The number of hydrogen-bond acceptors (Lipinski definition) is 3. The summed E-state index contributed by atoms with van der Waals surface area (Å²) in [5, 5.41) is 13.6. The van der Waals surface area contributed by atoms with E-state index in [1.165, 1.54) is 10.9 Å². The van der Waals surface area contributed by atoms with Gasteiger partial charge in [-0.05, 0) is 43.4 Å². The van der Waals surface area contributed by atoms with Crippen molar-refractivity contribution in [3.63, 3.8) is 0 Å². The zero-order valence-electron chi connectivity index (χ0n) is 13.7. The molecule has 1 unspecified atom stereocenters. The Morgan fingerprint density at radius 3 is 3.12 bits per heavy atom. The molecule has 1 amide bonds. The number of fused-ring (bicyclic) bond motifs is 1. The Morgan fingerprint density at radius 1 is 1.50 bits per heavy atom. The minimum Gasteiger partial charge on any atom is -0.346 e. The van der Waals surface area contributed by atoms with Crippen LogP contribution >= 0.6 is 15.9 Å². The van der Waals surface area contributed by atoms with Crippen LogP contribution in [-0.4, -0.2) is 40.5 Å². The Hall–Kier alpha value is -1.84. The van der Waals surface area contributed by atoms with Gasteiger partial charge in [-0.1, -0.05) is 22.0 Å². The summed E-state index contributed by atoms with van der Waals surface area (Å²) in [7, 11) is 0. The van der Waals surface area contributed by atoms with Gasteiger partial charge in [0, 0.05) is 35.3 Å². The molecule has 1 N–H and O–H groups in total. The van der Waals surface area contributed by atoms with Gasteiger partial charge in [-0.25, -0.2) is 0 Å². The number of aromatic nitrogens is 1. The minimum absolute atomic E-state index is 0.0195. The van der Waals surface area contributed by atoms with Crippen molar-refractivity contribution in [2.75, 3.05) is 13.1 Å². The molecule has 0 saturated carbocycles. The zero-order valence-corrected chi connectivity index (χ0v) is 15.3. The lowest BCUT2D eigenvalue weighted by Gasteiger charge is -2.21. The third-order valence-corrected chi connectivity index (χ3v) is 5.02. The fourth-order valence-corrected chi connectivity index (χ4v) is 3.59. The lowest BCUT2D eigenvalue weighted by Crippen LogP contribution is -2.43. The third kappa shape index (κ3) is 3.63. The first kappa shape index (κ1) is 17.0. The Kier molecular flexibility index (Phi) is 5.22. The first-order valence-electron chi connectivity index (χ1n) is 8.25. The number of hydrogen-bond donors (Lipinski definition) is 1. The van der Waals surface area contributed by atoms with Crippen LogP contribution in [0.4, 0.5) is 0 Å². The zero-order chi connectivity index (χ0) is 17.1. The predicted octanol–water partition coefficient (Wildman–Crippen LogP) is 2.90. The highest BCUT2D eigenvalue weighted by molar-refractivity contribution is 9.10. The van der Waals surface area contributed by atoms with Crippen molar-refractivity contribution in [2.24, 2.45) is 0 Å². The van der Waals surface area contributed by atoms with Crippen LogP contribution in [-0.2, 0) is 11.3 Å². The third-order valence-electron chi connectivity index (χ3n) is 4.53. The topological polar surface area (TPSA) is 61.1 Å². The average molecular weight is 389 g/mol. The van der Waals surface area contributed by atoms with E-state index in [0.717, 1.165) is 23.9 Å². The summed E-state index contributed by atoms with van der Waals surface area (Å²) < 4.78 is 3.25. The highest BCUT2D eigenvalue weighted by Gasteiger charge is 2.28. The van der Waals surface area contributed by atoms with Gasteiger partial charge in [0.25, 0.3) is 0 Å². The average Bonchev–Trinajstić information content (AvgIpc) is 3.19. The number of benzene rings is 1. The lowest BCUT2D eigenvalue weighted by atomic mass is 10.2. The Bertz CT molecular complexity index is 779. The Balaban J connectivity index is 1.57. The van der Waals surface area contributed by atoms with Gasteiger partial charge in [-0.2, -0.15) is 5.26 Å². The molecule has 0 bridgehead atoms. The molecule has 1 aromatic heterocycles. The molecule has 2 aromatic rings. The van der Waals surface area contributed by atoms with Crippen LogP contribution in [0.15, 0.2) is 34.9 Å². The fourth-order valence-electron chi connectivity index (χ4n) is 3.24. The highest BCUT2D eigenvalue weighted by atomic mass is 79.9. The molecule has 2 heterocycles. The van der Waals surface area contributed by atoms with E-state index in [0.29, 0.717) is 6.54 Å². The molecule has 3 rings (SSSR count). The van der Waals surface area contributed by atoms with E-state index in [9.17, 15) is 4.79 Å². The highest BCUT2D eigenvalue weighted by Crippen LogP contribution is 2.21. The molecule has 2 atom stereocenters. The van der Waals surface area contributed by atoms with E-state index in [1.54, 1.807) is 4.90 Å². The number of likely N-dealkylation sites (tertiary alicyclic amines) is 1. The molecule has 1 aliphatic heterocycles. The van der Waals surface area contributed by atoms with E-state index >= 15 is 0 Å². The molecular formula is C18H21BrN4O. The lowest BCUT2D eigenvalue weighted by molar-refractivity contribution is -0.130. The van der Waals surface area contributed by atoms with Crippen LogP contribution in [0.3, 0.4) is 0 Å². The molecule has 6 heteroatoms. The molecule has 24 heavy (non-hydrogen) atoms. The van der Waals surface area contributed by atoms with E-state index in [4.69, 9.17) is 5.26 Å². The largest absolute Gasteiger partial charge is 0.346 e. The van der Waals surface area contributed by atoms with Gasteiger partial charge in [0.2, 0.25) is 5.91 Å². The summed E-state index contributed by atoms with van der Waals surface area (Å²) in [6.45, 7) is 3.84. The number of carbonyl (C=O) groups excluding carboxylic acids is 1. The number of nitriles is 1. The number of amides is 1. The van der Waals surface area contributed by atoms with Crippen LogP contribution in [0, 0.1) is 11.3 Å². The van der Waals surface area contributed by atoms with Crippen LogP contribution in [0.1, 0.15) is 19.8 Å². The van der Waals surface area contributed by atoms with Crippen molar-refractivity contribution < 1.29 is 4.79 Å². The van der Waals surface area contributed by atoms with Crippen molar-refractivity contribution in [2.45, 2.75) is 38.4 Å². The second-order valence-corrected chi connectivity index (χ2v) is 7.24. The van der Waals surface area contributed by atoms with Crippen LogP contribution < -0.4 is 5.32 Å². The number of carbonyl (C=O) groups is 1. The molecule has 1 saturated heterocycles. The molecule has 5 nitrogen and oxygen atoms in total. The molecule has 126 valence electrons.